The van der Waals surface area contributed by atoms with E-state index in [-0.39, 0.29) is 61.1 Å². The van der Waals surface area contributed by atoms with Gasteiger partial charge < -0.3 is 8.85 Å². The SMILES string of the molecule is CC(C)(C)[Si](C)(C)Oc1cccc2c1C(O[Si](C)(C)C(C)(C)C)(C1=[C-]CC=C1)C=C2.Cl.Cl.[Zr]. The summed E-state index contributed by atoms with van der Waals surface area (Å²) < 4.78 is 14.1. The van der Waals surface area contributed by atoms with Crippen molar-refractivity contribution < 1.29 is 35.1 Å². The standard InChI is InChI=1S/C26H39O2Si2.2ClH.Zr/c1-24(2,3)29(7,8)27-22-17-13-14-20-18-19-26(23(20)22,21-15-11-12-16-21)28-30(9,10)25(4,5)6;;;/h11,13-15,17-19H,12H2,1-10H3;2*1H;/q-1;;;. The molecule has 0 bridgehead atoms. The fourth-order valence-electron chi connectivity index (χ4n) is 3.47. The molecule has 1 aromatic rings. The summed E-state index contributed by atoms with van der Waals surface area (Å²) in [6, 6.07) is 6.42. The van der Waals surface area contributed by atoms with Crippen LogP contribution in [0.3, 0.4) is 0 Å². The van der Waals surface area contributed by atoms with Crippen molar-refractivity contribution in [2.45, 2.75) is 89.8 Å². The van der Waals surface area contributed by atoms with Crippen molar-refractivity contribution in [1.29, 1.82) is 0 Å². The molecular formula is C26H41Cl2O2Si2Zr-. The van der Waals surface area contributed by atoms with Crippen LogP contribution in [-0.2, 0) is 36.2 Å². The Morgan fingerprint density at radius 2 is 1.45 bits per heavy atom. The molecule has 0 spiro atoms. The normalized spacial score (nSPS) is 19.8. The van der Waals surface area contributed by atoms with Crippen molar-refractivity contribution >= 4 is 47.5 Å². The summed E-state index contributed by atoms with van der Waals surface area (Å²) >= 11 is 0. The summed E-state index contributed by atoms with van der Waals surface area (Å²) in [5.74, 6) is 0.970. The fourth-order valence-corrected chi connectivity index (χ4v) is 5.88. The maximum absolute atomic E-state index is 7.24. The van der Waals surface area contributed by atoms with Crippen molar-refractivity contribution in [2.75, 3.05) is 0 Å². The molecule has 184 valence electrons. The third-order valence-corrected chi connectivity index (χ3v) is 16.2. The third kappa shape index (κ3) is 6.27. The Balaban J connectivity index is 0.00000341. The van der Waals surface area contributed by atoms with Crippen LogP contribution >= 0.6 is 24.8 Å². The Labute approximate surface area is 235 Å². The quantitative estimate of drug-likeness (QED) is 0.247. The van der Waals surface area contributed by atoms with Gasteiger partial charge >= 0.3 is 0 Å². The van der Waals surface area contributed by atoms with Crippen molar-refractivity contribution in [3.8, 4) is 5.75 Å². The van der Waals surface area contributed by atoms with Gasteiger partial charge in [0.15, 0.2) is 8.32 Å². The predicted octanol–water partition coefficient (Wildman–Crippen LogP) is 8.85. The van der Waals surface area contributed by atoms with Crippen LogP contribution in [0, 0.1) is 6.08 Å². The molecule has 0 saturated carbocycles. The molecule has 1 aromatic carbocycles. The van der Waals surface area contributed by atoms with Crippen LogP contribution in [0.25, 0.3) is 6.08 Å². The monoisotopic (exact) mass is 601 g/mol. The summed E-state index contributed by atoms with van der Waals surface area (Å²) in [5, 5.41) is 0.234. The molecule has 0 saturated heterocycles. The van der Waals surface area contributed by atoms with E-state index in [9.17, 15) is 0 Å². The van der Waals surface area contributed by atoms with Crippen LogP contribution in [0.4, 0.5) is 0 Å². The van der Waals surface area contributed by atoms with Gasteiger partial charge in [0.05, 0.1) is 5.60 Å². The summed E-state index contributed by atoms with van der Waals surface area (Å²) in [6.07, 6.45) is 13.2. The first-order chi connectivity index (χ1) is 13.6. The molecule has 1 atom stereocenters. The molecule has 1 unspecified atom stereocenters. The van der Waals surface area contributed by atoms with Gasteiger partial charge in [-0.15, -0.1) is 31.2 Å². The average molecular weight is 604 g/mol. The first kappa shape index (κ1) is 33.1. The van der Waals surface area contributed by atoms with Gasteiger partial charge in [0.1, 0.15) is 5.75 Å². The van der Waals surface area contributed by atoms with Crippen LogP contribution in [0.15, 0.2) is 42.0 Å². The molecular weight excluding hydrogens is 563 g/mol. The summed E-state index contributed by atoms with van der Waals surface area (Å²) in [5.41, 5.74) is 2.85. The van der Waals surface area contributed by atoms with E-state index in [1.165, 1.54) is 5.56 Å². The van der Waals surface area contributed by atoms with Crippen LogP contribution in [-0.4, -0.2) is 16.6 Å². The number of benzene rings is 1. The molecule has 0 radical (unpaired) electrons. The number of fused-ring (bicyclic) bond motifs is 1. The molecule has 2 nitrogen and oxygen atoms in total. The molecule has 0 aliphatic heterocycles. The van der Waals surface area contributed by atoms with Gasteiger partial charge in [-0.3, -0.25) is 6.08 Å². The zero-order valence-electron chi connectivity index (χ0n) is 21.9. The first-order valence-corrected chi connectivity index (χ1v) is 16.9. The predicted molar refractivity (Wildman–Crippen MR) is 148 cm³/mol. The largest absolute Gasteiger partial charge is 0.543 e. The Morgan fingerprint density at radius 1 is 0.879 bits per heavy atom. The minimum absolute atomic E-state index is 0. The topological polar surface area (TPSA) is 18.5 Å². The van der Waals surface area contributed by atoms with E-state index < -0.39 is 22.2 Å². The Kier molecular flexibility index (Phi) is 11.0. The molecule has 33 heavy (non-hydrogen) atoms. The van der Waals surface area contributed by atoms with Gasteiger partial charge in [0.2, 0.25) is 8.32 Å². The van der Waals surface area contributed by atoms with Crippen LogP contribution in [0.2, 0.25) is 36.3 Å². The molecule has 0 amide bonds. The van der Waals surface area contributed by atoms with E-state index in [1.54, 1.807) is 0 Å². The molecule has 2 aliphatic rings. The summed E-state index contributed by atoms with van der Waals surface area (Å²) in [7, 11) is -4.09. The van der Waals surface area contributed by atoms with Gasteiger partial charge in [0.25, 0.3) is 0 Å². The van der Waals surface area contributed by atoms with Crippen molar-refractivity contribution in [1.82, 2.24) is 0 Å². The number of rotatable bonds is 5. The number of allylic oxidation sites excluding steroid dienone is 2. The first-order valence-electron chi connectivity index (χ1n) is 11.1. The van der Waals surface area contributed by atoms with Crippen LogP contribution in [0.1, 0.15) is 59.1 Å². The minimum atomic E-state index is -2.09. The van der Waals surface area contributed by atoms with E-state index in [4.69, 9.17) is 8.85 Å². The van der Waals surface area contributed by atoms with Crippen molar-refractivity contribution in [2.24, 2.45) is 0 Å². The minimum Gasteiger partial charge on any atom is -0.543 e. The smallest absolute Gasteiger partial charge is 0.250 e. The van der Waals surface area contributed by atoms with Gasteiger partial charge in [-0.1, -0.05) is 59.8 Å². The van der Waals surface area contributed by atoms with Crippen LogP contribution in [0.5, 0.6) is 5.75 Å². The average Bonchev–Trinajstić information content (AvgIpc) is 3.22. The van der Waals surface area contributed by atoms with E-state index in [2.05, 4.69) is 116 Å². The van der Waals surface area contributed by atoms with Crippen molar-refractivity contribution in [3.63, 3.8) is 0 Å². The zero-order chi connectivity index (χ0) is 22.6. The van der Waals surface area contributed by atoms with E-state index in [0.717, 1.165) is 23.3 Å². The second kappa shape index (κ2) is 11.0. The maximum Gasteiger partial charge on any atom is 0.250 e. The van der Waals surface area contributed by atoms with E-state index >= 15 is 0 Å². The van der Waals surface area contributed by atoms with Crippen LogP contribution < -0.4 is 4.43 Å². The number of halogens is 2. The summed E-state index contributed by atoms with van der Waals surface area (Å²) in [6.45, 7) is 23.0. The van der Waals surface area contributed by atoms with E-state index in [1.807, 2.05) is 0 Å². The van der Waals surface area contributed by atoms with E-state index in [0.29, 0.717) is 0 Å². The van der Waals surface area contributed by atoms with Crippen molar-refractivity contribution in [3.05, 3.63) is 59.2 Å². The molecule has 0 fully saturated rings. The molecule has 2 aliphatic carbocycles. The second-order valence-corrected chi connectivity index (χ2v) is 21.2. The second-order valence-electron chi connectivity index (χ2n) is 11.7. The third-order valence-electron chi connectivity index (χ3n) is 7.42. The fraction of sp³-hybridized carbons (Fsp3) is 0.538. The number of hydrogen-bond donors (Lipinski definition) is 0. The Morgan fingerprint density at radius 3 is 1.94 bits per heavy atom. The van der Waals surface area contributed by atoms with Gasteiger partial charge in [-0.05, 0) is 54.0 Å². The van der Waals surface area contributed by atoms with Gasteiger partial charge in [-0.25, -0.2) is 6.08 Å². The maximum atomic E-state index is 7.24. The van der Waals surface area contributed by atoms with Gasteiger partial charge in [0, 0.05) is 31.8 Å². The molecule has 0 heterocycles. The zero-order valence-corrected chi connectivity index (χ0v) is 28.0. The Bertz CT molecular complexity index is 925. The molecule has 0 aromatic heterocycles. The summed E-state index contributed by atoms with van der Waals surface area (Å²) in [4.78, 5) is 0. The van der Waals surface area contributed by atoms with Gasteiger partial charge in [-0.2, -0.15) is 11.6 Å². The molecule has 3 rings (SSSR count). The Hall–Kier alpha value is 0.0969. The number of hydrogen-bond acceptors (Lipinski definition) is 2. The molecule has 7 heteroatoms. The molecule has 0 N–H and O–H groups in total.